The van der Waals surface area contributed by atoms with E-state index in [4.69, 9.17) is 4.52 Å². The lowest BCUT2D eigenvalue weighted by Crippen LogP contribution is -2.40. The van der Waals surface area contributed by atoms with Crippen LogP contribution >= 0.6 is 23.3 Å². The van der Waals surface area contributed by atoms with Crippen molar-refractivity contribution in [3.8, 4) is 10.6 Å². The Morgan fingerprint density at radius 1 is 1.38 bits per heavy atom. The first kappa shape index (κ1) is 20.1. The molecular weight excluding hydrogens is 408 g/mol. The summed E-state index contributed by atoms with van der Waals surface area (Å²) in [5.74, 6) is 2.45. The summed E-state index contributed by atoms with van der Waals surface area (Å²) in [6.07, 6.45) is 3.95. The molecular formula is C19H24N6O2S2. The summed E-state index contributed by atoms with van der Waals surface area (Å²) < 4.78 is 11.5. The SMILES string of the molecule is Cc1cc(-c2snnc2C2CCCN(C(=O)CSCCn3ccc(C)n3)C2)on1. The largest absolute Gasteiger partial charge is 0.355 e. The number of aryl methyl sites for hydroxylation is 3. The molecule has 0 bridgehead atoms. The maximum atomic E-state index is 12.7. The van der Waals surface area contributed by atoms with Crippen LogP contribution in [0.25, 0.3) is 10.6 Å². The van der Waals surface area contributed by atoms with Gasteiger partial charge in [0.05, 0.1) is 22.8 Å². The zero-order valence-electron chi connectivity index (χ0n) is 16.6. The van der Waals surface area contributed by atoms with Gasteiger partial charge in [0, 0.05) is 43.6 Å². The highest BCUT2D eigenvalue weighted by Crippen LogP contribution is 2.35. The van der Waals surface area contributed by atoms with Gasteiger partial charge in [-0.3, -0.25) is 9.48 Å². The third-order valence-corrected chi connectivity index (χ3v) is 6.67. The van der Waals surface area contributed by atoms with Crippen LogP contribution in [0.4, 0.5) is 0 Å². The van der Waals surface area contributed by atoms with Gasteiger partial charge in [-0.1, -0.05) is 9.64 Å². The summed E-state index contributed by atoms with van der Waals surface area (Å²) in [4.78, 5) is 15.6. The van der Waals surface area contributed by atoms with Gasteiger partial charge in [0.2, 0.25) is 5.91 Å². The topological polar surface area (TPSA) is 89.9 Å². The number of hydrogen-bond donors (Lipinski definition) is 0. The monoisotopic (exact) mass is 432 g/mol. The van der Waals surface area contributed by atoms with E-state index in [-0.39, 0.29) is 11.8 Å². The fraction of sp³-hybridized carbons (Fsp3) is 0.526. The van der Waals surface area contributed by atoms with Crippen molar-refractivity contribution < 1.29 is 9.32 Å². The van der Waals surface area contributed by atoms with Crippen LogP contribution in [0.3, 0.4) is 0 Å². The number of rotatable bonds is 7. The summed E-state index contributed by atoms with van der Waals surface area (Å²) in [6.45, 7) is 6.19. The number of hydrogen-bond acceptors (Lipinski definition) is 8. The van der Waals surface area contributed by atoms with Gasteiger partial charge in [-0.15, -0.1) is 5.10 Å². The number of carbonyl (C=O) groups excluding carboxylic acids is 1. The molecule has 0 spiro atoms. The number of amides is 1. The second-order valence-corrected chi connectivity index (χ2v) is 9.13. The number of thioether (sulfide) groups is 1. The molecule has 0 aliphatic carbocycles. The van der Waals surface area contributed by atoms with Gasteiger partial charge in [0.1, 0.15) is 4.88 Å². The molecule has 0 saturated carbocycles. The molecule has 0 radical (unpaired) electrons. The van der Waals surface area contributed by atoms with E-state index in [1.54, 1.807) is 11.8 Å². The van der Waals surface area contributed by atoms with Crippen LogP contribution < -0.4 is 0 Å². The van der Waals surface area contributed by atoms with Crippen molar-refractivity contribution >= 4 is 29.2 Å². The van der Waals surface area contributed by atoms with E-state index in [1.807, 2.05) is 41.8 Å². The third kappa shape index (κ3) is 4.87. The van der Waals surface area contributed by atoms with E-state index >= 15 is 0 Å². The first-order chi connectivity index (χ1) is 14.1. The fourth-order valence-corrected chi connectivity index (χ4v) is 5.04. The standard InChI is InChI=1S/C19H24N6O2S2/c1-13-5-7-25(21-13)8-9-28-12-17(26)24-6-3-4-15(11-24)18-19(29-23-20-18)16-10-14(2)22-27-16/h5,7,10,15H,3-4,6,8-9,11-12H2,1-2H3. The van der Waals surface area contributed by atoms with E-state index < -0.39 is 0 Å². The van der Waals surface area contributed by atoms with Crippen LogP contribution in [0.1, 0.15) is 35.8 Å². The summed E-state index contributed by atoms with van der Waals surface area (Å²) in [5.41, 5.74) is 2.77. The Morgan fingerprint density at radius 2 is 2.28 bits per heavy atom. The first-order valence-corrected chi connectivity index (χ1v) is 11.6. The number of nitrogens with zero attached hydrogens (tertiary/aromatic N) is 6. The van der Waals surface area contributed by atoms with E-state index in [0.717, 1.165) is 53.6 Å². The van der Waals surface area contributed by atoms with Crippen LogP contribution in [0, 0.1) is 13.8 Å². The van der Waals surface area contributed by atoms with E-state index in [0.29, 0.717) is 18.1 Å². The predicted octanol–water partition coefficient (Wildman–Crippen LogP) is 3.15. The molecule has 1 fully saturated rings. The van der Waals surface area contributed by atoms with Gasteiger partial charge in [0.25, 0.3) is 0 Å². The van der Waals surface area contributed by atoms with Crippen molar-refractivity contribution in [1.82, 2.24) is 29.4 Å². The van der Waals surface area contributed by atoms with Crippen LogP contribution in [0.5, 0.6) is 0 Å². The zero-order chi connectivity index (χ0) is 20.2. The van der Waals surface area contributed by atoms with Crippen molar-refractivity contribution in [2.45, 2.75) is 39.2 Å². The molecule has 1 saturated heterocycles. The van der Waals surface area contributed by atoms with Crippen molar-refractivity contribution in [3.05, 3.63) is 35.4 Å². The summed E-state index contributed by atoms with van der Waals surface area (Å²) in [7, 11) is 0. The Bertz CT molecular complexity index is 965. The molecule has 1 unspecified atom stereocenters. The molecule has 4 heterocycles. The molecule has 4 rings (SSSR count). The second-order valence-electron chi connectivity index (χ2n) is 7.27. The number of piperidine rings is 1. The minimum Gasteiger partial charge on any atom is -0.355 e. The van der Waals surface area contributed by atoms with Crippen LogP contribution in [-0.2, 0) is 11.3 Å². The Hall–Kier alpha value is -2.20. The first-order valence-electron chi connectivity index (χ1n) is 9.71. The molecule has 29 heavy (non-hydrogen) atoms. The summed E-state index contributed by atoms with van der Waals surface area (Å²) in [5, 5.41) is 12.7. The molecule has 1 aliphatic heterocycles. The van der Waals surface area contributed by atoms with Crippen molar-refractivity contribution in [2.75, 3.05) is 24.6 Å². The maximum absolute atomic E-state index is 12.7. The molecule has 1 aliphatic rings. The maximum Gasteiger partial charge on any atom is 0.232 e. The lowest BCUT2D eigenvalue weighted by Gasteiger charge is -2.32. The number of likely N-dealkylation sites (tertiary alicyclic amines) is 1. The van der Waals surface area contributed by atoms with Gasteiger partial charge in [-0.25, -0.2) is 0 Å². The molecule has 3 aromatic rings. The molecule has 154 valence electrons. The Balaban J connectivity index is 1.31. The zero-order valence-corrected chi connectivity index (χ0v) is 18.2. The average Bonchev–Trinajstić information content (AvgIpc) is 3.46. The number of carbonyl (C=O) groups is 1. The quantitative estimate of drug-likeness (QED) is 0.530. The summed E-state index contributed by atoms with van der Waals surface area (Å²) in [6, 6.07) is 3.90. The van der Waals surface area contributed by atoms with E-state index in [9.17, 15) is 4.79 Å². The highest BCUT2D eigenvalue weighted by atomic mass is 32.2. The smallest absolute Gasteiger partial charge is 0.232 e. The van der Waals surface area contributed by atoms with Crippen LogP contribution in [-0.4, -0.2) is 59.9 Å². The molecule has 3 aromatic heterocycles. The van der Waals surface area contributed by atoms with Crippen molar-refractivity contribution in [3.63, 3.8) is 0 Å². The summed E-state index contributed by atoms with van der Waals surface area (Å²) >= 11 is 2.98. The minimum atomic E-state index is 0.184. The van der Waals surface area contributed by atoms with Crippen molar-refractivity contribution in [2.24, 2.45) is 0 Å². The molecule has 0 aromatic carbocycles. The Kier molecular flexibility index (Phi) is 6.29. The van der Waals surface area contributed by atoms with Gasteiger partial charge in [-0.05, 0) is 44.3 Å². The average molecular weight is 433 g/mol. The van der Waals surface area contributed by atoms with Gasteiger partial charge >= 0.3 is 0 Å². The van der Waals surface area contributed by atoms with Crippen LogP contribution in [0.15, 0.2) is 22.9 Å². The normalized spacial score (nSPS) is 17.0. The van der Waals surface area contributed by atoms with E-state index in [1.165, 1.54) is 11.5 Å². The Morgan fingerprint density at radius 3 is 3.03 bits per heavy atom. The minimum absolute atomic E-state index is 0.184. The molecule has 0 N–H and O–H groups in total. The lowest BCUT2D eigenvalue weighted by atomic mass is 9.93. The molecule has 1 amide bonds. The molecule has 1 atom stereocenters. The van der Waals surface area contributed by atoms with Gasteiger partial charge in [0.15, 0.2) is 5.76 Å². The molecule has 8 nitrogen and oxygen atoms in total. The number of aromatic nitrogens is 5. The molecule has 10 heteroatoms. The van der Waals surface area contributed by atoms with E-state index in [2.05, 4.69) is 19.8 Å². The Labute approximate surface area is 177 Å². The van der Waals surface area contributed by atoms with Gasteiger partial charge < -0.3 is 9.42 Å². The van der Waals surface area contributed by atoms with Gasteiger partial charge in [-0.2, -0.15) is 16.9 Å². The van der Waals surface area contributed by atoms with Crippen LogP contribution in [0.2, 0.25) is 0 Å². The highest BCUT2D eigenvalue weighted by Gasteiger charge is 2.29. The second kappa shape index (κ2) is 9.08. The fourth-order valence-electron chi connectivity index (χ4n) is 3.53. The van der Waals surface area contributed by atoms with Crippen molar-refractivity contribution in [1.29, 1.82) is 0 Å². The highest BCUT2D eigenvalue weighted by molar-refractivity contribution is 7.99. The lowest BCUT2D eigenvalue weighted by molar-refractivity contribution is -0.129. The third-order valence-electron chi connectivity index (χ3n) is 4.99. The predicted molar refractivity (Wildman–Crippen MR) is 113 cm³/mol.